The van der Waals surface area contributed by atoms with Gasteiger partial charge >= 0.3 is 0 Å². The van der Waals surface area contributed by atoms with E-state index >= 15 is 0 Å². The quantitative estimate of drug-likeness (QED) is 0.406. The average Bonchev–Trinajstić information content (AvgIpc) is 3.06. The Labute approximate surface area is 268 Å². The van der Waals surface area contributed by atoms with Crippen LogP contribution in [0, 0.1) is 11.8 Å². The van der Waals surface area contributed by atoms with E-state index in [2.05, 4.69) is 5.32 Å². The highest BCUT2D eigenvalue weighted by Gasteiger charge is 2.32. The van der Waals surface area contributed by atoms with E-state index in [1.165, 1.54) is 6.42 Å². The highest BCUT2D eigenvalue weighted by Crippen LogP contribution is 2.29. The highest BCUT2D eigenvalue weighted by molar-refractivity contribution is 6.05. The Morgan fingerprint density at radius 1 is 1.02 bits per heavy atom. The molecule has 0 bridgehead atoms. The van der Waals surface area contributed by atoms with Crippen LogP contribution in [0.1, 0.15) is 92.9 Å². The fourth-order valence-corrected chi connectivity index (χ4v) is 6.28. The third kappa shape index (κ3) is 9.53. The zero-order valence-electron chi connectivity index (χ0n) is 27.4. The molecule has 2 aromatic carbocycles. The summed E-state index contributed by atoms with van der Waals surface area (Å²) in [5.74, 6) is -0.0262. The van der Waals surface area contributed by atoms with Crippen molar-refractivity contribution in [2.45, 2.75) is 90.4 Å². The van der Waals surface area contributed by atoms with Crippen LogP contribution in [0.4, 0.5) is 5.69 Å². The number of amides is 3. The Hall–Kier alpha value is -3.43. The summed E-state index contributed by atoms with van der Waals surface area (Å²) in [6.07, 6.45) is 7.35. The molecule has 2 aromatic rings. The predicted octanol–water partition coefficient (Wildman–Crippen LogP) is 5.77. The number of likely N-dealkylation sites (N-methyl/N-ethyl adjacent to an activating group) is 1. The van der Waals surface area contributed by atoms with Gasteiger partial charge in [-0.25, -0.2) is 0 Å². The second-order valence-corrected chi connectivity index (χ2v) is 12.9. The normalized spacial score (nSPS) is 22.8. The maximum absolute atomic E-state index is 14.3. The van der Waals surface area contributed by atoms with E-state index in [-0.39, 0.29) is 48.4 Å². The van der Waals surface area contributed by atoms with E-state index in [1.54, 1.807) is 47.4 Å². The molecule has 0 radical (unpaired) electrons. The van der Waals surface area contributed by atoms with E-state index in [9.17, 15) is 19.5 Å². The number of nitrogens with one attached hydrogen (secondary N) is 1. The van der Waals surface area contributed by atoms with Crippen LogP contribution in [0.25, 0.3) is 0 Å². The number of rotatable bonds is 7. The summed E-state index contributed by atoms with van der Waals surface area (Å²) >= 11 is 0. The van der Waals surface area contributed by atoms with Crippen molar-refractivity contribution in [2.75, 3.05) is 38.7 Å². The summed E-state index contributed by atoms with van der Waals surface area (Å²) in [5, 5.41) is 13.1. The van der Waals surface area contributed by atoms with Gasteiger partial charge in [0, 0.05) is 49.8 Å². The minimum Gasteiger partial charge on any atom is -0.490 e. The molecule has 0 spiro atoms. The van der Waals surface area contributed by atoms with Crippen molar-refractivity contribution in [3.8, 4) is 5.75 Å². The van der Waals surface area contributed by atoms with Crippen molar-refractivity contribution < 1.29 is 29.0 Å². The molecule has 4 atom stereocenters. The van der Waals surface area contributed by atoms with Crippen LogP contribution in [-0.2, 0) is 9.53 Å². The standard InChI is InChI=1S/C36H51N3O6/c1-25-22-39(26(2)24-40)36(43)31-21-30(37-34(41)28-14-7-5-8-15-28)18-19-32(31)45-27(3)13-11-12-20-44-33(25)23-38(4)35(42)29-16-9-6-10-17-29/h5,7-8,14-15,18-19,21,25-27,29,33,40H,6,9-13,16-17,20,22-24H2,1-4H3,(H,37,41)/t25-,26+,27+,33-/m1/s1. The minimum absolute atomic E-state index is 0.0691. The van der Waals surface area contributed by atoms with Gasteiger partial charge in [-0.15, -0.1) is 0 Å². The molecule has 9 heteroatoms. The predicted molar refractivity (Wildman–Crippen MR) is 175 cm³/mol. The number of aliphatic hydroxyl groups is 1. The second kappa shape index (κ2) is 16.8. The molecule has 3 amide bonds. The molecule has 0 aromatic heterocycles. The first-order chi connectivity index (χ1) is 21.7. The molecule has 2 N–H and O–H groups in total. The molecule has 1 saturated carbocycles. The van der Waals surface area contributed by atoms with Crippen molar-refractivity contribution in [1.82, 2.24) is 9.80 Å². The van der Waals surface area contributed by atoms with E-state index < -0.39 is 6.04 Å². The Balaban J connectivity index is 1.61. The Morgan fingerprint density at radius 3 is 2.44 bits per heavy atom. The van der Waals surface area contributed by atoms with Crippen molar-refractivity contribution in [3.63, 3.8) is 0 Å². The fourth-order valence-electron chi connectivity index (χ4n) is 6.28. The number of hydrogen-bond acceptors (Lipinski definition) is 6. The minimum atomic E-state index is -0.483. The van der Waals surface area contributed by atoms with Crippen LogP contribution in [0.5, 0.6) is 5.75 Å². The third-order valence-electron chi connectivity index (χ3n) is 9.13. The summed E-state index contributed by atoms with van der Waals surface area (Å²) in [6, 6.07) is 13.6. The van der Waals surface area contributed by atoms with Gasteiger partial charge in [-0.05, 0) is 76.3 Å². The highest BCUT2D eigenvalue weighted by atomic mass is 16.5. The molecule has 246 valence electrons. The first-order valence-electron chi connectivity index (χ1n) is 16.6. The monoisotopic (exact) mass is 621 g/mol. The van der Waals surface area contributed by atoms with Gasteiger partial charge in [-0.1, -0.05) is 44.4 Å². The van der Waals surface area contributed by atoms with E-state index in [4.69, 9.17) is 9.47 Å². The number of carbonyl (C=O) groups is 3. The summed E-state index contributed by atoms with van der Waals surface area (Å²) in [6.45, 7) is 6.92. The lowest BCUT2D eigenvalue weighted by Crippen LogP contribution is -2.48. The summed E-state index contributed by atoms with van der Waals surface area (Å²) in [5.41, 5.74) is 1.30. The van der Waals surface area contributed by atoms with E-state index in [0.717, 1.165) is 44.9 Å². The molecule has 4 rings (SSSR count). The van der Waals surface area contributed by atoms with Gasteiger partial charge in [0.15, 0.2) is 0 Å². The van der Waals surface area contributed by atoms with Crippen LogP contribution in [0.3, 0.4) is 0 Å². The van der Waals surface area contributed by atoms with Gasteiger partial charge in [-0.2, -0.15) is 0 Å². The Morgan fingerprint density at radius 2 is 1.73 bits per heavy atom. The summed E-state index contributed by atoms with van der Waals surface area (Å²) in [4.78, 5) is 44.0. The molecule has 9 nitrogen and oxygen atoms in total. The van der Waals surface area contributed by atoms with Crippen molar-refractivity contribution >= 4 is 23.4 Å². The molecule has 1 heterocycles. The number of nitrogens with zero attached hydrogens (tertiary/aromatic N) is 2. The first kappa shape index (κ1) is 34.4. The maximum Gasteiger partial charge on any atom is 0.258 e. The Kier molecular flexibility index (Phi) is 12.8. The van der Waals surface area contributed by atoms with E-state index in [0.29, 0.717) is 42.3 Å². The van der Waals surface area contributed by atoms with E-state index in [1.807, 2.05) is 38.8 Å². The number of hydrogen-bond donors (Lipinski definition) is 2. The topological polar surface area (TPSA) is 108 Å². The molecular weight excluding hydrogens is 570 g/mol. The number of aliphatic hydroxyl groups excluding tert-OH is 1. The second-order valence-electron chi connectivity index (χ2n) is 12.9. The van der Waals surface area contributed by atoms with Gasteiger partial charge in [0.25, 0.3) is 11.8 Å². The molecule has 0 unspecified atom stereocenters. The van der Waals surface area contributed by atoms with Gasteiger partial charge in [0.05, 0.1) is 30.4 Å². The zero-order chi connectivity index (χ0) is 32.3. The van der Waals surface area contributed by atoms with Crippen LogP contribution in [-0.4, -0.2) is 84.2 Å². The first-order valence-corrected chi connectivity index (χ1v) is 16.6. The largest absolute Gasteiger partial charge is 0.490 e. The fraction of sp³-hybridized carbons (Fsp3) is 0.583. The summed E-state index contributed by atoms with van der Waals surface area (Å²) < 4.78 is 12.7. The third-order valence-corrected chi connectivity index (χ3v) is 9.13. The lowest BCUT2D eigenvalue weighted by atomic mass is 9.88. The number of ether oxygens (including phenoxy) is 2. The molecule has 45 heavy (non-hydrogen) atoms. The SMILES string of the molecule is C[C@@H]1CN([C@@H](C)CO)C(=O)c2cc(NC(=O)c3ccccc3)ccc2O[C@@H](C)CCCCO[C@@H]1CN(C)C(=O)C1CCCCC1. The van der Waals surface area contributed by atoms with Gasteiger partial charge in [0.1, 0.15) is 5.75 Å². The van der Waals surface area contributed by atoms with Crippen LogP contribution in [0.2, 0.25) is 0 Å². The van der Waals surface area contributed by atoms with Crippen molar-refractivity contribution in [2.24, 2.45) is 11.8 Å². The zero-order valence-corrected chi connectivity index (χ0v) is 27.4. The lowest BCUT2D eigenvalue weighted by Gasteiger charge is -2.36. The molecule has 1 aliphatic heterocycles. The lowest BCUT2D eigenvalue weighted by molar-refractivity contribution is -0.137. The molecule has 0 saturated heterocycles. The van der Waals surface area contributed by atoms with Crippen LogP contribution in [0.15, 0.2) is 48.5 Å². The van der Waals surface area contributed by atoms with Gasteiger partial charge in [0.2, 0.25) is 5.91 Å². The molecule has 2 aliphatic rings. The number of benzene rings is 2. The smallest absolute Gasteiger partial charge is 0.258 e. The van der Waals surface area contributed by atoms with Crippen LogP contribution < -0.4 is 10.1 Å². The van der Waals surface area contributed by atoms with Gasteiger partial charge < -0.3 is 29.7 Å². The summed E-state index contributed by atoms with van der Waals surface area (Å²) in [7, 11) is 1.86. The average molecular weight is 622 g/mol. The van der Waals surface area contributed by atoms with Crippen molar-refractivity contribution in [1.29, 1.82) is 0 Å². The molecule has 1 fully saturated rings. The number of anilines is 1. The number of fused-ring (bicyclic) bond motifs is 1. The van der Waals surface area contributed by atoms with Crippen LogP contribution >= 0.6 is 0 Å². The molecule has 1 aliphatic carbocycles. The van der Waals surface area contributed by atoms with Crippen molar-refractivity contribution in [3.05, 3.63) is 59.7 Å². The number of carbonyl (C=O) groups excluding carboxylic acids is 3. The molecular formula is C36H51N3O6. The van der Waals surface area contributed by atoms with Gasteiger partial charge in [-0.3, -0.25) is 14.4 Å². The Bertz CT molecular complexity index is 1260. The maximum atomic E-state index is 14.3.